The standard InChI is InChI=1S/C19H21N3O/c1-22(2)16-10-8-14(9-11-16)13-20-21-19(23)18-12-17(18)15-6-4-3-5-7-15/h3-11,13,17-18H,12H2,1-2H3,(H,21,23)/t17-,18-/m0/s1. The third kappa shape index (κ3) is 3.77. The highest BCUT2D eigenvalue weighted by Gasteiger charge is 2.43. The van der Waals surface area contributed by atoms with Gasteiger partial charge in [-0.3, -0.25) is 4.79 Å². The van der Waals surface area contributed by atoms with Gasteiger partial charge in [0, 0.05) is 25.7 Å². The molecule has 0 aliphatic heterocycles. The third-order valence-electron chi connectivity index (χ3n) is 4.15. The van der Waals surface area contributed by atoms with E-state index in [4.69, 9.17) is 0 Å². The number of nitrogens with zero attached hydrogens (tertiary/aromatic N) is 2. The summed E-state index contributed by atoms with van der Waals surface area (Å²) >= 11 is 0. The van der Waals surface area contributed by atoms with Crippen LogP contribution in [0.1, 0.15) is 23.5 Å². The summed E-state index contributed by atoms with van der Waals surface area (Å²) in [6, 6.07) is 18.2. The first kappa shape index (κ1) is 15.3. The lowest BCUT2D eigenvalue weighted by atomic mass is 10.1. The second-order valence-corrected chi connectivity index (χ2v) is 6.08. The number of benzene rings is 2. The molecule has 118 valence electrons. The van der Waals surface area contributed by atoms with Crippen LogP contribution in [0.5, 0.6) is 0 Å². The molecule has 1 aliphatic rings. The van der Waals surface area contributed by atoms with Gasteiger partial charge in [-0.05, 0) is 35.6 Å². The van der Waals surface area contributed by atoms with Crippen molar-refractivity contribution in [3.63, 3.8) is 0 Å². The fourth-order valence-corrected chi connectivity index (χ4v) is 2.67. The topological polar surface area (TPSA) is 44.7 Å². The molecule has 0 radical (unpaired) electrons. The van der Waals surface area contributed by atoms with Gasteiger partial charge in [-0.2, -0.15) is 5.10 Å². The Labute approximate surface area is 136 Å². The van der Waals surface area contributed by atoms with Gasteiger partial charge in [-0.25, -0.2) is 5.43 Å². The Morgan fingerprint density at radius 1 is 1.13 bits per heavy atom. The molecule has 0 bridgehead atoms. The molecule has 0 aromatic heterocycles. The maximum atomic E-state index is 12.1. The van der Waals surface area contributed by atoms with Crippen LogP contribution in [0.25, 0.3) is 0 Å². The maximum Gasteiger partial charge on any atom is 0.243 e. The molecule has 3 rings (SSSR count). The number of amides is 1. The van der Waals surface area contributed by atoms with Crippen LogP contribution in [0.2, 0.25) is 0 Å². The van der Waals surface area contributed by atoms with E-state index < -0.39 is 0 Å². The van der Waals surface area contributed by atoms with Crippen LogP contribution in [0.15, 0.2) is 59.7 Å². The lowest BCUT2D eigenvalue weighted by Gasteiger charge is -2.11. The molecule has 0 saturated heterocycles. The molecule has 1 aliphatic carbocycles. The largest absolute Gasteiger partial charge is 0.378 e. The SMILES string of the molecule is CN(C)c1ccc(C=NNC(=O)[C@H]2C[C@H]2c2ccccc2)cc1. The van der Waals surface area contributed by atoms with Gasteiger partial charge in [0.25, 0.3) is 0 Å². The minimum absolute atomic E-state index is 0.0000136. The average molecular weight is 307 g/mol. The highest BCUT2D eigenvalue weighted by atomic mass is 16.2. The zero-order chi connectivity index (χ0) is 16.2. The summed E-state index contributed by atoms with van der Waals surface area (Å²) in [4.78, 5) is 14.1. The van der Waals surface area contributed by atoms with E-state index in [1.807, 2.05) is 61.5 Å². The van der Waals surface area contributed by atoms with Gasteiger partial charge in [0.15, 0.2) is 0 Å². The molecule has 1 N–H and O–H groups in total. The molecule has 0 spiro atoms. The van der Waals surface area contributed by atoms with Gasteiger partial charge < -0.3 is 4.90 Å². The molecule has 2 atom stereocenters. The Balaban J connectivity index is 1.51. The van der Waals surface area contributed by atoms with Crippen molar-refractivity contribution in [1.82, 2.24) is 5.43 Å². The van der Waals surface area contributed by atoms with Crippen molar-refractivity contribution < 1.29 is 4.79 Å². The molecule has 1 saturated carbocycles. The molecule has 0 heterocycles. The van der Waals surface area contributed by atoms with E-state index in [2.05, 4.69) is 22.7 Å². The number of carbonyl (C=O) groups excluding carboxylic acids is 1. The zero-order valence-electron chi connectivity index (χ0n) is 13.4. The summed E-state index contributed by atoms with van der Waals surface area (Å²) in [6.07, 6.45) is 2.58. The van der Waals surface area contributed by atoms with Crippen LogP contribution in [-0.2, 0) is 4.79 Å². The van der Waals surface area contributed by atoms with Crippen molar-refractivity contribution in [2.24, 2.45) is 11.0 Å². The molecule has 1 amide bonds. The number of carbonyl (C=O) groups is 1. The van der Waals surface area contributed by atoms with Crippen molar-refractivity contribution in [2.75, 3.05) is 19.0 Å². The second-order valence-electron chi connectivity index (χ2n) is 6.08. The van der Waals surface area contributed by atoms with Gasteiger partial charge in [0.1, 0.15) is 0 Å². The van der Waals surface area contributed by atoms with Crippen molar-refractivity contribution in [1.29, 1.82) is 0 Å². The molecule has 2 aromatic carbocycles. The normalized spacial score (nSPS) is 19.6. The fraction of sp³-hybridized carbons (Fsp3) is 0.263. The van der Waals surface area contributed by atoms with Gasteiger partial charge in [0.2, 0.25) is 5.91 Å². The summed E-state index contributed by atoms with van der Waals surface area (Å²) in [5.41, 5.74) is 5.98. The number of nitrogens with one attached hydrogen (secondary N) is 1. The van der Waals surface area contributed by atoms with Crippen LogP contribution >= 0.6 is 0 Å². The highest BCUT2D eigenvalue weighted by Crippen LogP contribution is 2.47. The first-order valence-corrected chi connectivity index (χ1v) is 7.80. The lowest BCUT2D eigenvalue weighted by Crippen LogP contribution is -2.20. The second kappa shape index (κ2) is 6.65. The first-order chi connectivity index (χ1) is 11.1. The predicted octanol–water partition coefficient (Wildman–Crippen LogP) is 3.01. The summed E-state index contributed by atoms with van der Waals surface area (Å²) in [5, 5.41) is 4.07. The van der Waals surface area contributed by atoms with Crippen LogP contribution < -0.4 is 10.3 Å². The van der Waals surface area contributed by atoms with Gasteiger partial charge in [-0.15, -0.1) is 0 Å². The van der Waals surface area contributed by atoms with Crippen LogP contribution in [-0.4, -0.2) is 26.2 Å². The quantitative estimate of drug-likeness (QED) is 0.682. The van der Waals surface area contributed by atoms with Crippen LogP contribution in [0, 0.1) is 5.92 Å². The van der Waals surface area contributed by atoms with E-state index in [9.17, 15) is 4.79 Å². The zero-order valence-corrected chi connectivity index (χ0v) is 13.4. The third-order valence-corrected chi connectivity index (χ3v) is 4.15. The molecular formula is C19H21N3O. The monoisotopic (exact) mass is 307 g/mol. The molecule has 2 aromatic rings. The Morgan fingerprint density at radius 3 is 2.48 bits per heavy atom. The molecule has 4 heteroatoms. The summed E-state index contributed by atoms with van der Waals surface area (Å²) < 4.78 is 0. The molecule has 4 nitrogen and oxygen atoms in total. The van der Waals surface area contributed by atoms with E-state index in [0.29, 0.717) is 5.92 Å². The smallest absolute Gasteiger partial charge is 0.243 e. The van der Waals surface area contributed by atoms with E-state index >= 15 is 0 Å². The van der Waals surface area contributed by atoms with Crippen molar-refractivity contribution in [3.05, 3.63) is 65.7 Å². The fourth-order valence-electron chi connectivity index (χ4n) is 2.67. The minimum Gasteiger partial charge on any atom is -0.378 e. The van der Waals surface area contributed by atoms with Gasteiger partial charge in [0.05, 0.1) is 6.21 Å². The lowest BCUT2D eigenvalue weighted by molar-refractivity contribution is -0.122. The van der Waals surface area contributed by atoms with E-state index in [1.54, 1.807) is 6.21 Å². The Kier molecular flexibility index (Phi) is 4.42. The number of hydrogen-bond acceptors (Lipinski definition) is 3. The predicted molar refractivity (Wildman–Crippen MR) is 93.8 cm³/mol. The summed E-state index contributed by atoms with van der Waals surface area (Å²) in [6.45, 7) is 0. The minimum atomic E-state index is 0.0000136. The number of hydrazone groups is 1. The van der Waals surface area contributed by atoms with Crippen molar-refractivity contribution >= 4 is 17.8 Å². The number of anilines is 1. The van der Waals surface area contributed by atoms with E-state index in [-0.39, 0.29) is 11.8 Å². The van der Waals surface area contributed by atoms with Gasteiger partial charge >= 0.3 is 0 Å². The van der Waals surface area contributed by atoms with Crippen LogP contribution in [0.3, 0.4) is 0 Å². The Morgan fingerprint density at radius 2 is 1.83 bits per heavy atom. The van der Waals surface area contributed by atoms with E-state index in [1.165, 1.54) is 5.56 Å². The van der Waals surface area contributed by atoms with Crippen LogP contribution in [0.4, 0.5) is 5.69 Å². The number of rotatable bonds is 5. The molecule has 0 unspecified atom stereocenters. The van der Waals surface area contributed by atoms with Crippen molar-refractivity contribution in [3.8, 4) is 0 Å². The van der Waals surface area contributed by atoms with Crippen molar-refractivity contribution in [2.45, 2.75) is 12.3 Å². The van der Waals surface area contributed by atoms with E-state index in [0.717, 1.165) is 17.7 Å². The molecule has 23 heavy (non-hydrogen) atoms. The van der Waals surface area contributed by atoms with Gasteiger partial charge in [-0.1, -0.05) is 42.5 Å². The average Bonchev–Trinajstić information content (AvgIpc) is 3.37. The Bertz CT molecular complexity index is 692. The molecule has 1 fully saturated rings. The number of hydrogen-bond donors (Lipinski definition) is 1. The summed E-state index contributed by atoms with van der Waals surface area (Å²) in [7, 11) is 4.00. The highest BCUT2D eigenvalue weighted by molar-refractivity contribution is 5.85. The molecular weight excluding hydrogens is 286 g/mol. The Hall–Kier alpha value is -2.62. The first-order valence-electron chi connectivity index (χ1n) is 7.80. The maximum absolute atomic E-state index is 12.1. The summed E-state index contributed by atoms with van der Waals surface area (Å²) in [5.74, 6) is 0.386.